The molecule has 0 atom stereocenters. The van der Waals surface area contributed by atoms with E-state index in [1.165, 1.54) is 38.8 Å². The van der Waals surface area contributed by atoms with Crippen molar-refractivity contribution in [3.05, 3.63) is 119 Å². The summed E-state index contributed by atoms with van der Waals surface area (Å²) < 4.78 is 0. The molecule has 3 heteroatoms. The second-order valence-corrected chi connectivity index (χ2v) is 10.1. The van der Waals surface area contributed by atoms with Crippen LogP contribution in [0.3, 0.4) is 0 Å². The summed E-state index contributed by atoms with van der Waals surface area (Å²) in [5.41, 5.74) is 12.3. The van der Waals surface area contributed by atoms with E-state index in [0.717, 1.165) is 41.7 Å². The number of benzene rings is 3. The molecule has 2 nitrogen and oxygen atoms in total. The maximum Gasteiger partial charge on any atom is 0.0598 e. The van der Waals surface area contributed by atoms with E-state index in [4.69, 9.17) is 4.98 Å². The van der Waals surface area contributed by atoms with E-state index >= 15 is 0 Å². The number of nitrogens with zero attached hydrogens (tertiary/aromatic N) is 2. The Balaban J connectivity index is 0.000000208. The Morgan fingerprint density at radius 3 is 2.49 bits per heavy atom. The first kappa shape index (κ1) is 26.9. The predicted molar refractivity (Wildman–Crippen MR) is 150 cm³/mol. The molecular weight excluding hydrogens is 629 g/mol. The van der Waals surface area contributed by atoms with Gasteiger partial charge in [0.05, 0.1) is 5.52 Å². The number of hydrogen-bond donors (Lipinski definition) is 0. The summed E-state index contributed by atoms with van der Waals surface area (Å²) in [6.07, 6.45) is 5.08. The zero-order chi connectivity index (χ0) is 25.1. The molecule has 3 aromatic carbocycles. The van der Waals surface area contributed by atoms with Gasteiger partial charge in [0.1, 0.15) is 0 Å². The van der Waals surface area contributed by atoms with Gasteiger partial charge in [0.2, 0.25) is 0 Å². The number of pyridine rings is 2. The van der Waals surface area contributed by atoms with Crippen LogP contribution in [0.25, 0.3) is 33.4 Å². The van der Waals surface area contributed by atoms with Gasteiger partial charge in [-0.25, -0.2) is 0 Å². The van der Waals surface area contributed by atoms with Gasteiger partial charge in [-0.1, -0.05) is 70.0 Å². The van der Waals surface area contributed by atoms with Gasteiger partial charge in [0.25, 0.3) is 0 Å². The fraction of sp³-hybridized carbons (Fsp3) is 0.235. The summed E-state index contributed by atoms with van der Waals surface area (Å²) in [5.74, 6) is 0.658. The van der Waals surface area contributed by atoms with Crippen molar-refractivity contribution in [2.75, 3.05) is 0 Å². The minimum absolute atomic E-state index is 0. The number of hydrogen-bond acceptors (Lipinski definition) is 2. The first-order valence-corrected chi connectivity index (χ1v) is 12.8. The van der Waals surface area contributed by atoms with Gasteiger partial charge in [-0.15, -0.1) is 70.3 Å². The normalized spacial score (nSPS) is 11.7. The van der Waals surface area contributed by atoms with Gasteiger partial charge < -0.3 is 4.98 Å². The third-order valence-corrected chi connectivity index (χ3v) is 6.72. The largest absolute Gasteiger partial charge is 0.305 e. The molecule has 0 unspecified atom stereocenters. The van der Waals surface area contributed by atoms with Crippen molar-refractivity contribution in [1.82, 2.24) is 9.97 Å². The Hall–Kier alpha value is -3.13. The van der Waals surface area contributed by atoms with Crippen LogP contribution in [-0.4, -0.2) is 9.97 Å². The van der Waals surface area contributed by atoms with Gasteiger partial charge in [-0.3, -0.25) is 4.98 Å². The van der Waals surface area contributed by atoms with Crippen molar-refractivity contribution < 1.29 is 20.1 Å². The molecule has 0 aliphatic heterocycles. The number of fused-ring (bicyclic) bond motifs is 4. The van der Waals surface area contributed by atoms with Crippen LogP contribution in [0.5, 0.6) is 0 Å². The van der Waals surface area contributed by atoms with Gasteiger partial charge >= 0.3 is 0 Å². The molecule has 6 rings (SSSR count). The van der Waals surface area contributed by atoms with Crippen molar-refractivity contribution in [3.63, 3.8) is 0 Å². The Morgan fingerprint density at radius 2 is 1.76 bits per heavy atom. The standard InChI is InChI=1S/C23H24N.C11H8N.Ir/c1-14(2)10-17-6-5-7-22-20(17)13-18-8-9-19-16(4)11-15(3)12-21(19)23(18)24-22;1-2-6-10(7-3-1)11-8-4-5-9-12-11;/h5-7,11,13-14H,8-10H2,1-4H3;1-6,8-9H;/q2*-1;. The monoisotopic (exact) mass is 661 g/mol. The van der Waals surface area contributed by atoms with E-state index in [0.29, 0.717) is 5.92 Å². The summed E-state index contributed by atoms with van der Waals surface area (Å²) in [6.45, 7) is 8.90. The molecule has 0 amide bonds. The molecule has 0 N–H and O–H groups in total. The van der Waals surface area contributed by atoms with E-state index in [-0.39, 0.29) is 20.1 Å². The van der Waals surface area contributed by atoms with E-state index in [1.807, 2.05) is 42.5 Å². The SMILES string of the molecule is Cc1[c-]c2c(c(C)c1)CCc1cc3c(CC(C)C)cccc3nc1-2.[Ir].[c-]1ccccc1-c1ccccn1. The molecule has 189 valence electrons. The molecule has 0 spiro atoms. The van der Waals surface area contributed by atoms with Crippen LogP contribution in [0, 0.1) is 31.9 Å². The minimum atomic E-state index is 0. The van der Waals surface area contributed by atoms with E-state index in [2.05, 4.69) is 75.1 Å². The molecule has 0 saturated carbocycles. The van der Waals surface area contributed by atoms with Crippen LogP contribution < -0.4 is 0 Å². The van der Waals surface area contributed by atoms with Crippen LogP contribution in [0.15, 0.2) is 79.0 Å². The molecule has 1 aliphatic rings. The first-order valence-electron chi connectivity index (χ1n) is 12.8. The van der Waals surface area contributed by atoms with Gasteiger partial charge in [0.15, 0.2) is 0 Å². The summed E-state index contributed by atoms with van der Waals surface area (Å²) >= 11 is 0. The van der Waals surface area contributed by atoms with Crippen LogP contribution in [0.1, 0.15) is 41.7 Å². The Morgan fingerprint density at radius 1 is 0.919 bits per heavy atom. The summed E-state index contributed by atoms with van der Waals surface area (Å²) in [4.78, 5) is 9.29. The van der Waals surface area contributed by atoms with Crippen molar-refractivity contribution in [1.29, 1.82) is 0 Å². The predicted octanol–water partition coefficient (Wildman–Crippen LogP) is 8.16. The maximum atomic E-state index is 5.08. The minimum Gasteiger partial charge on any atom is -0.305 e. The molecule has 0 bridgehead atoms. The number of rotatable bonds is 3. The van der Waals surface area contributed by atoms with Crippen molar-refractivity contribution in [3.8, 4) is 22.5 Å². The Kier molecular flexibility index (Phi) is 8.69. The Labute approximate surface area is 234 Å². The first-order chi connectivity index (χ1) is 17.5. The van der Waals surface area contributed by atoms with Gasteiger partial charge in [-0.2, -0.15) is 0 Å². The average Bonchev–Trinajstić information content (AvgIpc) is 2.89. The molecule has 1 aliphatic carbocycles. The topological polar surface area (TPSA) is 25.8 Å². The van der Waals surface area contributed by atoms with Crippen LogP contribution in [0.2, 0.25) is 0 Å². The van der Waals surface area contributed by atoms with Crippen molar-refractivity contribution in [2.24, 2.45) is 5.92 Å². The van der Waals surface area contributed by atoms with Crippen molar-refractivity contribution in [2.45, 2.75) is 47.0 Å². The van der Waals surface area contributed by atoms with Crippen LogP contribution in [-0.2, 0) is 39.4 Å². The molecule has 0 saturated heterocycles. The molecule has 0 fully saturated rings. The van der Waals surface area contributed by atoms with E-state index < -0.39 is 0 Å². The average molecular weight is 661 g/mol. The fourth-order valence-corrected chi connectivity index (χ4v) is 5.10. The van der Waals surface area contributed by atoms with Crippen LogP contribution in [0.4, 0.5) is 0 Å². The quantitative estimate of drug-likeness (QED) is 0.183. The molecule has 1 radical (unpaired) electrons. The zero-order valence-corrected chi connectivity index (χ0v) is 24.3. The third-order valence-electron chi connectivity index (χ3n) is 6.72. The maximum absolute atomic E-state index is 5.08. The summed E-state index contributed by atoms with van der Waals surface area (Å²) in [7, 11) is 0. The summed E-state index contributed by atoms with van der Waals surface area (Å²) in [6, 6.07) is 31.6. The number of aryl methyl sites for hydroxylation is 3. The fourth-order valence-electron chi connectivity index (χ4n) is 5.10. The van der Waals surface area contributed by atoms with Crippen molar-refractivity contribution >= 4 is 10.9 Å². The molecule has 2 heterocycles. The Bertz CT molecular complexity index is 1450. The van der Waals surface area contributed by atoms with Crippen LogP contribution >= 0.6 is 0 Å². The molecular formula is C34H32IrN2-2. The molecule has 37 heavy (non-hydrogen) atoms. The second-order valence-electron chi connectivity index (χ2n) is 10.1. The van der Waals surface area contributed by atoms with Gasteiger partial charge in [0, 0.05) is 31.7 Å². The second kappa shape index (κ2) is 11.9. The smallest absolute Gasteiger partial charge is 0.0598 e. The molecule has 2 aromatic heterocycles. The van der Waals surface area contributed by atoms with E-state index in [9.17, 15) is 0 Å². The summed E-state index contributed by atoms with van der Waals surface area (Å²) in [5, 5.41) is 1.33. The zero-order valence-electron chi connectivity index (χ0n) is 21.9. The third kappa shape index (κ3) is 6.06. The molecule has 5 aromatic rings. The number of aromatic nitrogens is 2. The van der Waals surface area contributed by atoms with Gasteiger partial charge in [-0.05, 0) is 47.8 Å². The van der Waals surface area contributed by atoms with E-state index in [1.54, 1.807) is 6.20 Å².